The van der Waals surface area contributed by atoms with Gasteiger partial charge in [-0.05, 0) is 26.7 Å². The van der Waals surface area contributed by atoms with Crippen molar-refractivity contribution in [2.24, 2.45) is 0 Å². The van der Waals surface area contributed by atoms with Crippen molar-refractivity contribution in [3.05, 3.63) is 35.0 Å². The molecule has 2 aromatic heterocycles. The largest absolute Gasteiger partial charge is 0.361 e. The number of nitrogens with zero attached hydrogens (tertiary/aromatic N) is 3. The van der Waals surface area contributed by atoms with Gasteiger partial charge in [0.05, 0.1) is 11.7 Å². The number of likely N-dealkylation sites (tertiary alicyclic amines) is 1. The maximum atomic E-state index is 12.4. The Labute approximate surface area is 110 Å². The van der Waals surface area contributed by atoms with Crippen LogP contribution in [0.2, 0.25) is 0 Å². The highest BCUT2D eigenvalue weighted by Gasteiger charge is 2.34. The smallest absolute Gasteiger partial charge is 0.276 e. The second-order valence-corrected chi connectivity index (χ2v) is 4.85. The number of hydrogen-bond acceptors (Lipinski definition) is 5. The molecule has 1 atom stereocenters. The van der Waals surface area contributed by atoms with Gasteiger partial charge in [-0.15, -0.1) is 0 Å². The van der Waals surface area contributed by atoms with Crippen molar-refractivity contribution in [1.82, 2.24) is 15.2 Å². The van der Waals surface area contributed by atoms with Gasteiger partial charge in [-0.1, -0.05) is 10.3 Å². The maximum absolute atomic E-state index is 12.4. The second kappa shape index (κ2) is 4.53. The number of rotatable bonds is 2. The molecule has 3 heterocycles. The van der Waals surface area contributed by atoms with Crippen molar-refractivity contribution >= 4 is 5.91 Å². The fourth-order valence-electron chi connectivity index (χ4n) is 2.46. The zero-order chi connectivity index (χ0) is 13.4. The van der Waals surface area contributed by atoms with Crippen molar-refractivity contribution in [2.75, 3.05) is 6.54 Å². The van der Waals surface area contributed by atoms with E-state index in [1.165, 1.54) is 0 Å². The van der Waals surface area contributed by atoms with Crippen LogP contribution in [0.4, 0.5) is 0 Å². The van der Waals surface area contributed by atoms with Gasteiger partial charge in [0.15, 0.2) is 11.5 Å². The number of carbonyl (C=O) groups is 1. The summed E-state index contributed by atoms with van der Waals surface area (Å²) in [6.07, 6.45) is 1.84. The van der Waals surface area contributed by atoms with Gasteiger partial charge in [-0.2, -0.15) is 0 Å². The zero-order valence-corrected chi connectivity index (χ0v) is 10.9. The van der Waals surface area contributed by atoms with Crippen LogP contribution < -0.4 is 0 Å². The number of aromatic nitrogens is 2. The lowest BCUT2D eigenvalue weighted by Gasteiger charge is -2.21. The minimum atomic E-state index is -0.117. The highest BCUT2D eigenvalue weighted by Crippen LogP contribution is 2.33. The van der Waals surface area contributed by atoms with Gasteiger partial charge < -0.3 is 13.9 Å². The van der Waals surface area contributed by atoms with Crippen molar-refractivity contribution in [3.8, 4) is 0 Å². The Morgan fingerprint density at radius 1 is 1.32 bits per heavy atom. The summed E-state index contributed by atoms with van der Waals surface area (Å²) in [7, 11) is 0. The molecule has 2 aromatic rings. The Kier molecular flexibility index (Phi) is 2.85. The first kappa shape index (κ1) is 12.0. The topological polar surface area (TPSA) is 72.4 Å². The Bertz CT molecular complexity index is 602. The molecule has 1 saturated heterocycles. The van der Waals surface area contributed by atoms with E-state index in [9.17, 15) is 4.79 Å². The minimum Gasteiger partial charge on any atom is -0.361 e. The molecule has 0 unspecified atom stereocenters. The van der Waals surface area contributed by atoms with Crippen LogP contribution in [0.5, 0.6) is 0 Å². The minimum absolute atomic E-state index is 0.0503. The summed E-state index contributed by atoms with van der Waals surface area (Å²) in [5.41, 5.74) is 1.17. The third-order valence-electron chi connectivity index (χ3n) is 3.34. The molecule has 1 amide bonds. The van der Waals surface area contributed by atoms with Gasteiger partial charge in [-0.3, -0.25) is 4.79 Å². The lowest BCUT2D eigenvalue weighted by Crippen LogP contribution is -2.30. The van der Waals surface area contributed by atoms with Crippen LogP contribution in [0.15, 0.2) is 21.2 Å². The Balaban J connectivity index is 1.85. The zero-order valence-electron chi connectivity index (χ0n) is 10.9. The lowest BCUT2D eigenvalue weighted by molar-refractivity contribution is 0.0704. The number of carbonyl (C=O) groups excluding carboxylic acids is 1. The van der Waals surface area contributed by atoms with E-state index in [2.05, 4.69) is 10.3 Å². The molecule has 0 N–H and O–H groups in total. The van der Waals surface area contributed by atoms with E-state index in [4.69, 9.17) is 9.05 Å². The average Bonchev–Trinajstić information content (AvgIpc) is 3.07. The van der Waals surface area contributed by atoms with Crippen molar-refractivity contribution in [3.63, 3.8) is 0 Å². The van der Waals surface area contributed by atoms with Crippen LogP contribution in [0.3, 0.4) is 0 Å². The monoisotopic (exact) mass is 261 g/mol. The van der Waals surface area contributed by atoms with E-state index in [1.807, 2.05) is 13.0 Å². The first-order valence-corrected chi connectivity index (χ1v) is 6.32. The maximum Gasteiger partial charge on any atom is 0.276 e. The number of hydrogen-bond donors (Lipinski definition) is 0. The SMILES string of the molecule is Cc1cc([C@H]2CCCN2C(=O)c2cc(C)on2)on1. The van der Waals surface area contributed by atoms with Crippen LogP contribution in [-0.4, -0.2) is 27.7 Å². The van der Waals surface area contributed by atoms with Gasteiger partial charge in [-0.25, -0.2) is 0 Å². The highest BCUT2D eigenvalue weighted by molar-refractivity contribution is 5.92. The van der Waals surface area contributed by atoms with E-state index in [0.717, 1.165) is 24.3 Å². The van der Waals surface area contributed by atoms with Crippen molar-refractivity contribution in [1.29, 1.82) is 0 Å². The normalized spacial score (nSPS) is 19.1. The molecule has 1 aliphatic heterocycles. The first-order valence-electron chi connectivity index (χ1n) is 6.32. The molecule has 0 radical (unpaired) electrons. The number of aryl methyl sites for hydroxylation is 2. The fourth-order valence-corrected chi connectivity index (χ4v) is 2.46. The van der Waals surface area contributed by atoms with E-state index in [1.54, 1.807) is 17.9 Å². The Morgan fingerprint density at radius 2 is 2.16 bits per heavy atom. The van der Waals surface area contributed by atoms with Crippen LogP contribution in [-0.2, 0) is 0 Å². The third kappa shape index (κ3) is 2.14. The number of amides is 1. The summed E-state index contributed by atoms with van der Waals surface area (Å²) < 4.78 is 10.2. The summed E-state index contributed by atoms with van der Waals surface area (Å²) in [6.45, 7) is 4.34. The molecule has 1 aliphatic rings. The molecule has 100 valence electrons. The predicted molar refractivity (Wildman–Crippen MR) is 65.5 cm³/mol. The van der Waals surface area contributed by atoms with Gasteiger partial charge in [0.2, 0.25) is 0 Å². The second-order valence-electron chi connectivity index (χ2n) is 4.85. The fraction of sp³-hybridized carbons (Fsp3) is 0.462. The van der Waals surface area contributed by atoms with Gasteiger partial charge in [0.1, 0.15) is 5.76 Å². The van der Waals surface area contributed by atoms with Gasteiger partial charge in [0.25, 0.3) is 5.91 Å². The summed E-state index contributed by atoms with van der Waals surface area (Å²) in [4.78, 5) is 14.2. The standard InChI is InChI=1S/C13H15N3O3/c1-8-6-12(19-14-8)11-4-3-5-16(11)13(17)10-7-9(2)18-15-10/h6-7,11H,3-5H2,1-2H3/t11-/m1/s1. The molecule has 0 saturated carbocycles. The van der Waals surface area contributed by atoms with Crippen molar-refractivity contribution < 1.29 is 13.8 Å². The Hall–Kier alpha value is -2.11. The van der Waals surface area contributed by atoms with E-state index in [-0.39, 0.29) is 11.9 Å². The van der Waals surface area contributed by atoms with Crippen molar-refractivity contribution in [2.45, 2.75) is 32.7 Å². The molecule has 0 aromatic carbocycles. The summed E-state index contributed by atoms with van der Waals surface area (Å²) in [5.74, 6) is 1.26. The average molecular weight is 261 g/mol. The molecular weight excluding hydrogens is 246 g/mol. The van der Waals surface area contributed by atoms with Crippen LogP contribution in [0, 0.1) is 13.8 Å². The molecule has 19 heavy (non-hydrogen) atoms. The van der Waals surface area contributed by atoms with Gasteiger partial charge in [0, 0.05) is 18.7 Å². The molecule has 6 nitrogen and oxygen atoms in total. The van der Waals surface area contributed by atoms with Crippen LogP contribution in [0.1, 0.15) is 46.6 Å². The first-order chi connectivity index (χ1) is 9.15. The molecule has 3 rings (SSSR count). The van der Waals surface area contributed by atoms with Crippen LogP contribution in [0.25, 0.3) is 0 Å². The van der Waals surface area contributed by atoms with E-state index in [0.29, 0.717) is 18.0 Å². The molecular formula is C13H15N3O3. The lowest BCUT2D eigenvalue weighted by atomic mass is 10.1. The summed E-state index contributed by atoms with van der Waals surface area (Å²) in [5, 5.41) is 7.67. The van der Waals surface area contributed by atoms with E-state index < -0.39 is 0 Å². The molecule has 1 fully saturated rings. The molecule has 0 spiro atoms. The molecule has 0 aliphatic carbocycles. The summed E-state index contributed by atoms with van der Waals surface area (Å²) >= 11 is 0. The predicted octanol–water partition coefficient (Wildman–Crippen LogP) is 2.26. The van der Waals surface area contributed by atoms with E-state index >= 15 is 0 Å². The Morgan fingerprint density at radius 3 is 2.79 bits per heavy atom. The quantitative estimate of drug-likeness (QED) is 0.829. The molecule has 0 bridgehead atoms. The highest BCUT2D eigenvalue weighted by atomic mass is 16.5. The van der Waals surface area contributed by atoms with Gasteiger partial charge >= 0.3 is 0 Å². The molecule has 6 heteroatoms. The summed E-state index contributed by atoms with van der Waals surface area (Å²) in [6, 6.07) is 3.49. The van der Waals surface area contributed by atoms with Crippen LogP contribution >= 0.6 is 0 Å². The third-order valence-corrected chi connectivity index (χ3v) is 3.34.